The van der Waals surface area contributed by atoms with Crippen molar-refractivity contribution < 1.29 is 5.21 Å². The molecule has 1 aliphatic rings. The van der Waals surface area contributed by atoms with Crippen molar-refractivity contribution in [3.8, 4) is 0 Å². The molecule has 0 saturated heterocycles. The van der Waals surface area contributed by atoms with E-state index < -0.39 is 6.29 Å². The van der Waals surface area contributed by atoms with E-state index in [1.165, 1.54) is 10.9 Å². The Bertz CT molecular complexity index is 644. The first-order valence-corrected chi connectivity index (χ1v) is 6.30. The second-order valence-corrected chi connectivity index (χ2v) is 4.41. The molecule has 0 amide bonds. The molecule has 2 heterocycles. The topological polar surface area (TPSA) is 52.8 Å². The Labute approximate surface area is 111 Å². The van der Waals surface area contributed by atoms with Crippen molar-refractivity contribution in [3.63, 3.8) is 0 Å². The number of fused-ring (bicyclic) bond motifs is 1. The number of aliphatic imine (C=N–C) groups is 1. The van der Waals surface area contributed by atoms with Crippen LogP contribution in [0.2, 0.25) is 0 Å². The summed E-state index contributed by atoms with van der Waals surface area (Å²) in [7, 11) is 0. The average Bonchev–Trinajstić information content (AvgIpc) is 2.83. The predicted molar refractivity (Wildman–Crippen MR) is 76.3 cm³/mol. The SMILES string of the molecule is CCn1ccc2cc(NC3N=CC=CN3O)ccc21. The third kappa shape index (κ3) is 2.20. The number of nitrogens with zero attached hydrogens (tertiary/aromatic N) is 3. The number of anilines is 1. The Kier molecular flexibility index (Phi) is 2.97. The van der Waals surface area contributed by atoms with E-state index in [0.717, 1.165) is 17.3 Å². The molecule has 98 valence electrons. The van der Waals surface area contributed by atoms with Crippen LogP contribution < -0.4 is 5.32 Å². The number of hydroxylamine groups is 2. The largest absolute Gasteiger partial charge is 0.348 e. The number of benzene rings is 1. The molecular weight excluding hydrogens is 240 g/mol. The Hall–Kier alpha value is -2.27. The van der Waals surface area contributed by atoms with Crippen LogP contribution in [0.4, 0.5) is 5.69 Å². The first-order valence-electron chi connectivity index (χ1n) is 6.30. The second kappa shape index (κ2) is 4.78. The van der Waals surface area contributed by atoms with Crippen molar-refractivity contribution in [1.82, 2.24) is 9.63 Å². The maximum atomic E-state index is 9.65. The van der Waals surface area contributed by atoms with Crippen LogP contribution in [0.3, 0.4) is 0 Å². The highest BCUT2D eigenvalue weighted by Gasteiger charge is 2.13. The van der Waals surface area contributed by atoms with Crippen LogP contribution in [0.15, 0.2) is 47.7 Å². The molecule has 2 N–H and O–H groups in total. The van der Waals surface area contributed by atoms with E-state index >= 15 is 0 Å². The molecule has 3 rings (SSSR count). The third-order valence-electron chi connectivity index (χ3n) is 3.21. The molecule has 1 unspecified atom stereocenters. The number of hydrogen-bond acceptors (Lipinski definition) is 4. The molecule has 5 heteroatoms. The highest BCUT2D eigenvalue weighted by molar-refractivity contribution is 5.84. The zero-order valence-electron chi connectivity index (χ0n) is 10.7. The fourth-order valence-corrected chi connectivity index (χ4v) is 2.23. The van der Waals surface area contributed by atoms with Crippen molar-refractivity contribution in [2.24, 2.45) is 4.99 Å². The Morgan fingerprint density at radius 1 is 1.37 bits per heavy atom. The van der Waals surface area contributed by atoms with E-state index in [2.05, 4.69) is 46.2 Å². The summed E-state index contributed by atoms with van der Waals surface area (Å²) in [4.78, 5) is 4.15. The predicted octanol–water partition coefficient (Wildman–Crippen LogP) is 2.65. The van der Waals surface area contributed by atoms with Crippen LogP contribution in [-0.2, 0) is 6.54 Å². The molecule has 1 atom stereocenters. The molecule has 1 aromatic carbocycles. The van der Waals surface area contributed by atoms with Crippen molar-refractivity contribution in [2.75, 3.05) is 5.32 Å². The summed E-state index contributed by atoms with van der Waals surface area (Å²) in [6.45, 7) is 3.08. The average molecular weight is 256 g/mol. The Morgan fingerprint density at radius 3 is 3.05 bits per heavy atom. The van der Waals surface area contributed by atoms with Gasteiger partial charge in [-0.2, -0.15) is 0 Å². The van der Waals surface area contributed by atoms with Gasteiger partial charge in [0.1, 0.15) is 0 Å². The van der Waals surface area contributed by atoms with Gasteiger partial charge in [0.05, 0.1) is 0 Å². The summed E-state index contributed by atoms with van der Waals surface area (Å²) in [5.41, 5.74) is 2.14. The van der Waals surface area contributed by atoms with Crippen molar-refractivity contribution >= 4 is 22.8 Å². The van der Waals surface area contributed by atoms with Crippen LogP contribution in [0.5, 0.6) is 0 Å². The number of aromatic nitrogens is 1. The summed E-state index contributed by atoms with van der Waals surface area (Å²) in [6.07, 6.45) is 6.51. The van der Waals surface area contributed by atoms with Crippen LogP contribution in [0, 0.1) is 0 Å². The molecule has 0 aliphatic carbocycles. The lowest BCUT2D eigenvalue weighted by atomic mass is 10.2. The number of allylic oxidation sites excluding steroid dienone is 1. The Balaban J connectivity index is 1.85. The Morgan fingerprint density at radius 2 is 2.26 bits per heavy atom. The molecule has 0 radical (unpaired) electrons. The van der Waals surface area contributed by atoms with Gasteiger partial charge in [0.25, 0.3) is 0 Å². The van der Waals surface area contributed by atoms with Crippen LogP contribution in [-0.4, -0.2) is 27.3 Å². The smallest absolute Gasteiger partial charge is 0.218 e. The molecule has 1 aromatic heterocycles. The van der Waals surface area contributed by atoms with Crippen LogP contribution in [0.25, 0.3) is 10.9 Å². The van der Waals surface area contributed by atoms with Gasteiger partial charge in [-0.05, 0) is 37.3 Å². The third-order valence-corrected chi connectivity index (χ3v) is 3.21. The second-order valence-electron chi connectivity index (χ2n) is 4.41. The summed E-state index contributed by atoms with van der Waals surface area (Å²) < 4.78 is 2.19. The van der Waals surface area contributed by atoms with Gasteiger partial charge in [-0.3, -0.25) is 5.21 Å². The van der Waals surface area contributed by atoms with Gasteiger partial charge >= 0.3 is 0 Å². The molecule has 0 spiro atoms. The molecule has 1 aliphatic heterocycles. The number of nitrogens with one attached hydrogen (secondary N) is 1. The van der Waals surface area contributed by atoms with Crippen molar-refractivity contribution in [2.45, 2.75) is 19.8 Å². The number of rotatable bonds is 3. The highest BCUT2D eigenvalue weighted by Crippen LogP contribution is 2.21. The van der Waals surface area contributed by atoms with Crippen molar-refractivity contribution in [3.05, 3.63) is 42.7 Å². The van der Waals surface area contributed by atoms with Crippen LogP contribution >= 0.6 is 0 Å². The van der Waals surface area contributed by atoms with E-state index in [9.17, 15) is 5.21 Å². The minimum atomic E-state index is -0.476. The zero-order valence-corrected chi connectivity index (χ0v) is 10.7. The van der Waals surface area contributed by atoms with Gasteiger partial charge in [0.2, 0.25) is 6.29 Å². The highest BCUT2D eigenvalue weighted by atomic mass is 16.5. The van der Waals surface area contributed by atoms with Gasteiger partial charge < -0.3 is 9.88 Å². The van der Waals surface area contributed by atoms with Gasteiger partial charge in [0, 0.05) is 41.7 Å². The lowest BCUT2D eigenvalue weighted by Gasteiger charge is -2.24. The van der Waals surface area contributed by atoms with E-state index in [0.29, 0.717) is 0 Å². The van der Waals surface area contributed by atoms with Gasteiger partial charge in [-0.1, -0.05) is 0 Å². The first kappa shape index (κ1) is 11.8. The van der Waals surface area contributed by atoms with Gasteiger partial charge in [0.15, 0.2) is 0 Å². The number of aryl methyl sites for hydroxylation is 1. The van der Waals surface area contributed by atoms with E-state index in [1.54, 1.807) is 18.5 Å². The standard InChI is InChI=1S/C14H16N4O/c1-2-17-9-6-11-10-12(4-5-13(11)17)16-14-15-7-3-8-18(14)19/h3-10,14,16,19H,2H2,1H3. The van der Waals surface area contributed by atoms with Crippen molar-refractivity contribution in [1.29, 1.82) is 0 Å². The molecular formula is C14H16N4O. The maximum Gasteiger partial charge on any atom is 0.218 e. The summed E-state index contributed by atoms with van der Waals surface area (Å²) in [5, 5.41) is 15.0. The molecule has 19 heavy (non-hydrogen) atoms. The van der Waals surface area contributed by atoms with E-state index in [-0.39, 0.29) is 0 Å². The maximum absolute atomic E-state index is 9.65. The van der Waals surface area contributed by atoms with Crippen LogP contribution in [0.1, 0.15) is 6.92 Å². The minimum absolute atomic E-state index is 0.476. The normalized spacial score (nSPS) is 18.2. The minimum Gasteiger partial charge on any atom is -0.348 e. The first-order chi connectivity index (χ1) is 9.28. The lowest BCUT2D eigenvalue weighted by Crippen LogP contribution is -2.34. The molecule has 0 saturated carbocycles. The lowest BCUT2D eigenvalue weighted by molar-refractivity contribution is -0.0685. The summed E-state index contributed by atoms with van der Waals surface area (Å²) in [5.74, 6) is 0. The van der Waals surface area contributed by atoms with Gasteiger partial charge in [-0.15, -0.1) is 0 Å². The fourth-order valence-electron chi connectivity index (χ4n) is 2.23. The molecule has 0 bridgehead atoms. The molecule has 0 fully saturated rings. The van der Waals surface area contributed by atoms with E-state index in [1.807, 2.05) is 6.07 Å². The summed E-state index contributed by atoms with van der Waals surface area (Å²) in [6, 6.07) is 8.22. The van der Waals surface area contributed by atoms with Gasteiger partial charge in [-0.25, -0.2) is 10.1 Å². The monoisotopic (exact) mass is 256 g/mol. The fraction of sp³-hybridized carbons (Fsp3) is 0.214. The van der Waals surface area contributed by atoms with E-state index in [4.69, 9.17) is 0 Å². The zero-order chi connectivity index (χ0) is 13.2. The number of hydrogen-bond donors (Lipinski definition) is 2. The summed E-state index contributed by atoms with van der Waals surface area (Å²) >= 11 is 0. The molecule has 5 nitrogen and oxygen atoms in total. The molecule has 2 aromatic rings. The quantitative estimate of drug-likeness (QED) is 0.887.